The van der Waals surface area contributed by atoms with Crippen LogP contribution < -0.4 is 0 Å². The fourth-order valence-electron chi connectivity index (χ4n) is 1.81. The zero-order valence-corrected chi connectivity index (χ0v) is 11.9. The first-order valence-electron chi connectivity index (χ1n) is 5.50. The lowest BCUT2D eigenvalue weighted by molar-refractivity contribution is 0.110. The number of hydrogen-bond donors (Lipinski definition) is 0. The SMILES string of the molecule is CCc1cc(-c2ccc(C=O)o2)cc(C)c1I. The second-order valence-corrected chi connectivity index (χ2v) is 5.02. The van der Waals surface area contributed by atoms with Crippen LogP contribution in [0.4, 0.5) is 0 Å². The summed E-state index contributed by atoms with van der Waals surface area (Å²) >= 11 is 2.37. The number of hydrogen-bond acceptors (Lipinski definition) is 2. The molecule has 0 unspecified atom stereocenters. The topological polar surface area (TPSA) is 30.2 Å². The maximum atomic E-state index is 10.6. The predicted molar refractivity (Wildman–Crippen MR) is 76.4 cm³/mol. The number of benzene rings is 1. The van der Waals surface area contributed by atoms with E-state index >= 15 is 0 Å². The van der Waals surface area contributed by atoms with Crippen LogP contribution in [-0.4, -0.2) is 6.29 Å². The summed E-state index contributed by atoms with van der Waals surface area (Å²) in [5, 5.41) is 0. The molecule has 2 aromatic rings. The van der Waals surface area contributed by atoms with Crippen LogP contribution in [0.25, 0.3) is 11.3 Å². The number of halogens is 1. The van der Waals surface area contributed by atoms with Crippen molar-refractivity contribution >= 4 is 28.9 Å². The van der Waals surface area contributed by atoms with Gasteiger partial charge in [-0.15, -0.1) is 0 Å². The van der Waals surface area contributed by atoms with Gasteiger partial charge in [0, 0.05) is 9.13 Å². The number of carbonyl (C=O) groups excluding carboxylic acids is 1. The van der Waals surface area contributed by atoms with Crippen molar-refractivity contribution in [3.63, 3.8) is 0 Å². The maximum absolute atomic E-state index is 10.6. The van der Waals surface area contributed by atoms with Crippen LogP contribution in [0.1, 0.15) is 28.6 Å². The van der Waals surface area contributed by atoms with Crippen LogP contribution in [0.15, 0.2) is 28.7 Å². The van der Waals surface area contributed by atoms with Gasteiger partial charge in [0.05, 0.1) is 0 Å². The average molecular weight is 340 g/mol. The van der Waals surface area contributed by atoms with E-state index in [2.05, 4.69) is 48.6 Å². The second-order valence-electron chi connectivity index (χ2n) is 3.94. The molecule has 88 valence electrons. The summed E-state index contributed by atoms with van der Waals surface area (Å²) in [6, 6.07) is 7.75. The first-order valence-corrected chi connectivity index (χ1v) is 6.58. The van der Waals surface area contributed by atoms with E-state index in [-0.39, 0.29) is 0 Å². The van der Waals surface area contributed by atoms with Crippen molar-refractivity contribution in [1.29, 1.82) is 0 Å². The van der Waals surface area contributed by atoms with Gasteiger partial charge in [-0.05, 0) is 71.3 Å². The van der Waals surface area contributed by atoms with Crippen molar-refractivity contribution in [2.45, 2.75) is 20.3 Å². The molecule has 2 rings (SSSR count). The van der Waals surface area contributed by atoms with E-state index in [0.717, 1.165) is 24.0 Å². The standard InChI is InChI=1S/C14H13IO2/c1-3-10-7-11(6-9(2)14(10)15)13-5-4-12(8-16)17-13/h4-8H,3H2,1-2H3. The van der Waals surface area contributed by atoms with E-state index in [0.29, 0.717) is 5.76 Å². The van der Waals surface area contributed by atoms with Crippen molar-refractivity contribution in [3.8, 4) is 11.3 Å². The molecule has 1 aromatic carbocycles. The van der Waals surface area contributed by atoms with Crippen molar-refractivity contribution in [3.05, 3.63) is 44.7 Å². The third-order valence-electron chi connectivity index (χ3n) is 2.74. The molecule has 1 aromatic heterocycles. The summed E-state index contributed by atoms with van der Waals surface area (Å²) in [4.78, 5) is 10.6. The van der Waals surface area contributed by atoms with Gasteiger partial charge in [-0.1, -0.05) is 6.92 Å². The van der Waals surface area contributed by atoms with Gasteiger partial charge in [0.1, 0.15) is 5.76 Å². The molecule has 0 aliphatic heterocycles. The fraction of sp³-hybridized carbons (Fsp3) is 0.214. The summed E-state index contributed by atoms with van der Waals surface area (Å²) in [7, 11) is 0. The Morgan fingerprint density at radius 3 is 2.71 bits per heavy atom. The smallest absolute Gasteiger partial charge is 0.185 e. The van der Waals surface area contributed by atoms with E-state index in [9.17, 15) is 4.79 Å². The molecule has 0 radical (unpaired) electrons. The quantitative estimate of drug-likeness (QED) is 0.618. The summed E-state index contributed by atoms with van der Waals surface area (Å²) in [5.74, 6) is 1.12. The van der Waals surface area contributed by atoms with E-state index < -0.39 is 0 Å². The molecule has 0 saturated carbocycles. The Morgan fingerprint density at radius 1 is 1.35 bits per heavy atom. The molecule has 0 fully saturated rings. The number of furan rings is 1. The van der Waals surface area contributed by atoms with E-state index in [4.69, 9.17) is 4.42 Å². The molecule has 0 aliphatic carbocycles. The van der Waals surface area contributed by atoms with Crippen molar-refractivity contribution in [2.75, 3.05) is 0 Å². The molecule has 0 N–H and O–H groups in total. The van der Waals surface area contributed by atoms with Crippen molar-refractivity contribution < 1.29 is 9.21 Å². The van der Waals surface area contributed by atoms with E-state index in [1.54, 1.807) is 6.07 Å². The molecule has 0 bridgehead atoms. The van der Waals surface area contributed by atoms with Crippen LogP contribution >= 0.6 is 22.6 Å². The average Bonchev–Trinajstić information content (AvgIpc) is 2.81. The minimum atomic E-state index is 0.370. The summed E-state index contributed by atoms with van der Waals surface area (Å²) in [6.45, 7) is 4.23. The van der Waals surface area contributed by atoms with Gasteiger partial charge in [-0.2, -0.15) is 0 Å². The minimum absolute atomic E-state index is 0.370. The predicted octanol–water partition coefficient (Wildman–Crippen LogP) is 4.23. The third-order valence-corrected chi connectivity index (χ3v) is 4.28. The third kappa shape index (κ3) is 2.44. The lowest BCUT2D eigenvalue weighted by atomic mass is 10.0. The van der Waals surface area contributed by atoms with E-state index in [1.807, 2.05) is 6.07 Å². The molecule has 1 heterocycles. The van der Waals surface area contributed by atoms with Crippen LogP contribution in [0.3, 0.4) is 0 Å². The van der Waals surface area contributed by atoms with Crippen LogP contribution in [0.5, 0.6) is 0 Å². The Hall–Kier alpha value is -1.10. The fourth-order valence-corrected chi connectivity index (χ4v) is 2.51. The van der Waals surface area contributed by atoms with Gasteiger partial charge >= 0.3 is 0 Å². The Labute approximate surface area is 114 Å². The molecule has 0 saturated heterocycles. The summed E-state index contributed by atoms with van der Waals surface area (Å²) in [5.41, 5.74) is 3.58. The highest BCUT2D eigenvalue weighted by molar-refractivity contribution is 14.1. The monoisotopic (exact) mass is 340 g/mol. The normalized spacial score (nSPS) is 10.5. The van der Waals surface area contributed by atoms with E-state index in [1.165, 1.54) is 14.7 Å². The molecular formula is C14H13IO2. The second kappa shape index (κ2) is 5.04. The van der Waals surface area contributed by atoms with Gasteiger partial charge in [0.15, 0.2) is 12.0 Å². The zero-order chi connectivity index (χ0) is 12.4. The summed E-state index contributed by atoms with van der Waals surface area (Å²) in [6.07, 6.45) is 1.72. The van der Waals surface area contributed by atoms with Gasteiger partial charge in [-0.3, -0.25) is 4.79 Å². The first kappa shape index (κ1) is 12.4. The van der Waals surface area contributed by atoms with Crippen molar-refractivity contribution in [1.82, 2.24) is 0 Å². The Bertz CT molecular complexity index is 555. The Morgan fingerprint density at radius 2 is 2.12 bits per heavy atom. The number of rotatable bonds is 3. The van der Waals surface area contributed by atoms with Crippen molar-refractivity contribution in [2.24, 2.45) is 0 Å². The van der Waals surface area contributed by atoms with Gasteiger partial charge in [0.2, 0.25) is 0 Å². The number of carbonyl (C=O) groups is 1. The van der Waals surface area contributed by atoms with Crippen LogP contribution in [0.2, 0.25) is 0 Å². The van der Waals surface area contributed by atoms with Crippen LogP contribution in [-0.2, 0) is 6.42 Å². The highest BCUT2D eigenvalue weighted by atomic mass is 127. The Balaban J connectivity index is 2.52. The number of aldehydes is 1. The molecule has 17 heavy (non-hydrogen) atoms. The number of aryl methyl sites for hydroxylation is 2. The first-order chi connectivity index (χ1) is 8.15. The van der Waals surface area contributed by atoms with Gasteiger partial charge < -0.3 is 4.42 Å². The highest BCUT2D eigenvalue weighted by Gasteiger charge is 2.09. The molecule has 0 amide bonds. The Kier molecular flexibility index (Phi) is 3.66. The zero-order valence-electron chi connectivity index (χ0n) is 9.79. The molecule has 2 nitrogen and oxygen atoms in total. The molecule has 3 heteroatoms. The minimum Gasteiger partial charge on any atom is -0.453 e. The maximum Gasteiger partial charge on any atom is 0.185 e. The lowest BCUT2D eigenvalue weighted by Gasteiger charge is -2.08. The molecule has 0 aliphatic rings. The molecule has 0 atom stereocenters. The van der Waals surface area contributed by atoms with Gasteiger partial charge in [0.25, 0.3) is 0 Å². The van der Waals surface area contributed by atoms with Crippen LogP contribution in [0, 0.1) is 10.5 Å². The largest absolute Gasteiger partial charge is 0.453 e. The highest BCUT2D eigenvalue weighted by Crippen LogP contribution is 2.28. The molecule has 0 spiro atoms. The molecular weight excluding hydrogens is 327 g/mol. The lowest BCUT2D eigenvalue weighted by Crippen LogP contribution is -1.91. The van der Waals surface area contributed by atoms with Gasteiger partial charge in [-0.25, -0.2) is 0 Å². The summed E-state index contributed by atoms with van der Waals surface area (Å²) < 4.78 is 6.74.